The third-order valence-corrected chi connectivity index (χ3v) is 21.5. The van der Waals surface area contributed by atoms with Gasteiger partial charge in [-0.15, -0.1) is 0 Å². The van der Waals surface area contributed by atoms with Crippen LogP contribution in [0.15, 0.2) is 264 Å². The Balaban J connectivity index is 0.814. The standard InChI is InChI=1S/C84H57N3O2/c1-2-14-52(15-3-1)57-31-35-66-67-21-12-23-69(78(67)88-76(66)45-57)81-85-80(86-82(87-81)70-24-13-22-68-71-42-54-16-4-5-17-55(54)44-77(71)89-79(68)70)60-40-58(53-28-32-61(33-29-53)83-46-49-36-50(47-83)38-51(37-49)48-83)39-59(41-60)56-30-34-65-64-20-8-11-27-74(64)84(75(65)43-56)72-25-9-6-18-62(72)63-19-7-10-26-73(63)84/h1-35,39-45,49-51H,36-38,46-48H2. The average molecular weight is 1140 g/mol. The predicted molar refractivity (Wildman–Crippen MR) is 361 cm³/mol. The van der Waals surface area contributed by atoms with E-state index >= 15 is 0 Å². The first kappa shape index (κ1) is 49.6. The van der Waals surface area contributed by atoms with E-state index in [0.717, 1.165) is 117 Å². The number of hydrogen-bond acceptors (Lipinski definition) is 5. The lowest BCUT2D eigenvalue weighted by Crippen LogP contribution is -2.48. The molecule has 0 amide bonds. The van der Waals surface area contributed by atoms with Crippen molar-refractivity contribution < 1.29 is 8.83 Å². The smallest absolute Gasteiger partial charge is 0.167 e. The molecule has 0 atom stereocenters. The second kappa shape index (κ2) is 18.5. The Morgan fingerprint density at radius 3 is 1.38 bits per heavy atom. The largest absolute Gasteiger partial charge is 0.455 e. The van der Waals surface area contributed by atoms with Gasteiger partial charge < -0.3 is 8.83 Å². The molecule has 89 heavy (non-hydrogen) atoms. The first-order chi connectivity index (χ1) is 44.0. The molecule has 420 valence electrons. The van der Waals surface area contributed by atoms with Crippen LogP contribution < -0.4 is 0 Å². The number of hydrogen-bond donors (Lipinski definition) is 0. The molecular formula is C84H57N3O2. The minimum atomic E-state index is -0.494. The van der Waals surface area contributed by atoms with E-state index in [0.29, 0.717) is 17.5 Å². The molecule has 1 spiro atoms. The maximum Gasteiger partial charge on any atom is 0.167 e. The predicted octanol–water partition coefficient (Wildman–Crippen LogP) is 21.6. The van der Waals surface area contributed by atoms with Gasteiger partial charge >= 0.3 is 0 Å². The topological polar surface area (TPSA) is 65.0 Å². The zero-order valence-corrected chi connectivity index (χ0v) is 48.9. The normalized spacial score (nSPS) is 19.0. The fraction of sp³-hybridized carbons (Fsp3) is 0.131. The summed E-state index contributed by atoms with van der Waals surface area (Å²) in [5.41, 5.74) is 24.0. The van der Waals surface area contributed by atoms with Gasteiger partial charge in [0.15, 0.2) is 17.5 Å². The Morgan fingerprint density at radius 1 is 0.292 bits per heavy atom. The summed E-state index contributed by atoms with van der Waals surface area (Å²) in [6.07, 6.45) is 8.27. The Hall–Kier alpha value is -10.5. The van der Waals surface area contributed by atoms with Crippen molar-refractivity contribution in [3.05, 3.63) is 283 Å². The van der Waals surface area contributed by atoms with Crippen molar-refractivity contribution in [3.8, 4) is 89.8 Å². The molecule has 21 rings (SSSR count). The highest BCUT2D eigenvalue weighted by atomic mass is 16.3. The molecule has 6 aliphatic rings. The van der Waals surface area contributed by atoms with Crippen molar-refractivity contribution in [1.29, 1.82) is 0 Å². The van der Waals surface area contributed by atoms with Crippen LogP contribution >= 0.6 is 0 Å². The van der Waals surface area contributed by atoms with E-state index in [4.69, 9.17) is 23.8 Å². The van der Waals surface area contributed by atoms with Gasteiger partial charge in [-0.05, 0) is 217 Å². The number of aromatic nitrogens is 3. The second-order valence-corrected chi connectivity index (χ2v) is 26.4. The molecule has 4 saturated carbocycles. The van der Waals surface area contributed by atoms with Crippen LogP contribution in [0.4, 0.5) is 0 Å². The molecule has 0 N–H and O–H groups in total. The first-order valence-electron chi connectivity index (χ1n) is 31.8. The molecule has 0 unspecified atom stereocenters. The molecule has 4 fully saturated rings. The second-order valence-electron chi connectivity index (χ2n) is 26.4. The number of para-hydroxylation sites is 2. The van der Waals surface area contributed by atoms with Crippen molar-refractivity contribution in [2.45, 2.75) is 49.4 Å². The van der Waals surface area contributed by atoms with E-state index in [-0.39, 0.29) is 5.41 Å². The van der Waals surface area contributed by atoms with Gasteiger partial charge in [0.2, 0.25) is 0 Å². The molecule has 0 aliphatic heterocycles. The van der Waals surface area contributed by atoms with Crippen molar-refractivity contribution in [3.63, 3.8) is 0 Å². The van der Waals surface area contributed by atoms with Crippen molar-refractivity contribution in [1.82, 2.24) is 15.0 Å². The highest BCUT2D eigenvalue weighted by Gasteiger charge is 2.53. The third-order valence-electron chi connectivity index (χ3n) is 21.5. The summed E-state index contributed by atoms with van der Waals surface area (Å²) in [5.74, 6) is 4.18. The molecule has 0 radical (unpaired) electrons. The van der Waals surface area contributed by atoms with Gasteiger partial charge in [0.25, 0.3) is 0 Å². The molecule has 15 aromatic rings. The molecule has 4 bridgehead atoms. The van der Waals surface area contributed by atoms with Gasteiger partial charge in [0.1, 0.15) is 22.3 Å². The summed E-state index contributed by atoms with van der Waals surface area (Å²) < 4.78 is 14.0. The van der Waals surface area contributed by atoms with Crippen molar-refractivity contribution in [2.24, 2.45) is 17.8 Å². The minimum absolute atomic E-state index is 0.288. The van der Waals surface area contributed by atoms with Crippen LogP contribution in [0.25, 0.3) is 144 Å². The van der Waals surface area contributed by atoms with Gasteiger partial charge in [-0.3, -0.25) is 0 Å². The summed E-state index contributed by atoms with van der Waals surface area (Å²) in [6, 6.07) is 93.7. The van der Waals surface area contributed by atoms with Gasteiger partial charge in [0, 0.05) is 27.1 Å². The van der Waals surface area contributed by atoms with E-state index in [1.807, 2.05) is 0 Å². The number of benzene rings is 12. The number of fused-ring (bicyclic) bond motifs is 17. The van der Waals surface area contributed by atoms with Crippen molar-refractivity contribution >= 4 is 54.6 Å². The van der Waals surface area contributed by atoms with Gasteiger partial charge in [-0.2, -0.15) is 0 Å². The van der Waals surface area contributed by atoms with Crippen LogP contribution in [-0.4, -0.2) is 15.0 Å². The minimum Gasteiger partial charge on any atom is -0.455 e. The van der Waals surface area contributed by atoms with Gasteiger partial charge in [-0.25, -0.2) is 15.0 Å². The monoisotopic (exact) mass is 1140 g/mol. The van der Waals surface area contributed by atoms with Gasteiger partial charge in [0.05, 0.1) is 16.5 Å². The Bertz CT molecular complexity index is 5400. The molecule has 3 heterocycles. The number of nitrogens with zero attached hydrogens (tertiary/aromatic N) is 3. The van der Waals surface area contributed by atoms with Crippen LogP contribution in [0.3, 0.4) is 0 Å². The zero-order chi connectivity index (χ0) is 58.1. The fourth-order valence-corrected chi connectivity index (χ4v) is 18.0. The Morgan fingerprint density at radius 2 is 0.753 bits per heavy atom. The SMILES string of the molecule is c1ccc(-c2ccc3c(c2)oc2c(-c4nc(-c5cc(-c6ccc(C78CC9CC(CC(C9)C7)C8)cc6)cc(-c6ccc7c(c6)C6(c8ccccc8-c8ccccc86)c6ccccc6-7)c5)nc(-c5cccc6c5oc5cc7ccccc7cc56)n4)cccc23)cc1. The molecular weight excluding hydrogens is 1080 g/mol. The van der Waals surface area contributed by atoms with Crippen LogP contribution in [-0.2, 0) is 10.8 Å². The van der Waals surface area contributed by atoms with E-state index in [1.165, 1.54) is 94.2 Å². The van der Waals surface area contributed by atoms with E-state index in [2.05, 4.69) is 255 Å². The molecule has 6 aliphatic carbocycles. The van der Waals surface area contributed by atoms with E-state index in [9.17, 15) is 0 Å². The van der Waals surface area contributed by atoms with Crippen LogP contribution in [0.1, 0.15) is 66.3 Å². The Kier molecular flexibility index (Phi) is 10.3. The molecule has 3 aromatic heterocycles. The molecule has 0 saturated heterocycles. The lowest BCUT2D eigenvalue weighted by Gasteiger charge is -2.57. The molecule has 12 aromatic carbocycles. The summed E-state index contributed by atoms with van der Waals surface area (Å²) in [5, 5.41) is 6.37. The van der Waals surface area contributed by atoms with Gasteiger partial charge in [-0.1, -0.05) is 194 Å². The third kappa shape index (κ3) is 7.27. The van der Waals surface area contributed by atoms with Crippen LogP contribution in [0, 0.1) is 17.8 Å². The van der Waals surface area contributed by atoms with E-state index in [1.54, 1.807) is 0 Å². The van der Waals surface area contributed by atoms with E-state index < -0.39 is 5.41 Å². The molecule has 5 heteroatoms. The maximum atomic E-state index is 7.00. The maximum absolute atomic E-state index is 7.00. The lowest BCUT2D eigenvalue weighted by molar-refractivity contribution is -0.00518. The van der Waals surface area contributed by atoms with Crippen molar-refractivity contribution in [2.75, 3.05) is 0 Å². The number of rotatable bonds is 7. The fourth-order valence-electron chi connectivity index (χ4n) is 18.0. The average Bonchev–Trinajstić information content (AvgIpc) is 1.53. The van der Waals surface area contributed by atoms with Crippen LogP contribution in [0.2, 0.25) is 0 Å². The Labute approximate surface area is 515 Å². The molecule has 5 nitrogen and oxygen atoms in total. The highest BCUT2D eigenvalue weighted by Crippen LogP contribution is 2.64. The first-order valence-corrected chi connectivity index (χ1v) is 31.8. The summed E-state index contributed by atoms with van der Waals surface area (Å²) in [6.45, 7) is 0. The highest BCUT2D eigenvalue weighted by molar-refractivity contribution is 6.13. The quantitative estimate of drug-likeness (QED) is 0.159. The summed E-state index contributed by atoms with van der Waals surface area (Å²) >= 11 is 0. The lowest BCUT2D eigenvalue weighted by atomic mass is 9.48. The zero-order valence-electron chi connectivity index (χ0n) is 48.9. The number of furan rings is 2. The summed E-state index contributed by atoms with van der Waals surface area (Å²) in [4.78, 5) is 16.7. The van der Waals surface area contributed by atoms with Crippen LogP contribution in [0.5, 0.6) is 0 Å². The summed E-state index contributed by atoms with van der Waals surface area (Å²) in [7, 11) is 0.